The van der Waals surface area contributed by atoms with Crippen LogP contribution in [-0.2, 0) is 6.54 Å². The molecule has 8 heteroatoms. The Bertz CT molecular complexity index is 698. The average Bonchev–Trinajstić information content (AvgIpc) is 3.22. The molecule has 1 heterocycles. The van der Waals surface area contributed by atoms with Gasteiger partial charge in [0.25, 0.3) is 0 Å². The van der Waals surface area contributed by atoms with Gasteiger partial charge in [0.2, 0.25) is 0 Å². The fourth-order valence-electron chi connectivity index (χ4n) is 2.57. The molecule has 2 N–H and O–H groups in total. The van der Waals surface area contributed by atoms with Crippen LogP contribution < -0.4 is 24.8 Å². The largest absolute Gasteiger partial charge is 0.496 e. The summed E-state index contributed by atoms with van der Waals surface area (Å²) < 4.78 is 16.3. The van der Waals surface area contributed by atoms with E-state index in [1.54, 1.807) is 39.7 Å². The minimum Gasteiger partial charge on any atom is -0.496 e. The van der Waals surface area contributed by atoms with E-state index in [0.717, 1.165) is 18.1 Å². The minimum atomic E-state index is 0. The number of halogens is 1. The van der Waals surface area contributed by atoms with Crippen LogP contribution in [0.3, 0.4) is 0 Å². The van der Waals surface area contributed by atoms with Gasteiger partial charge < -0.3 is 24.8 Å². The number of benzene rings is 1. The highest BCUT2D eigenvalue weighted by Gasteiger charge is 2.14. The van der Waals surface area contributed by atoms with E-state index in [-0.39, 0.29) is 24.0 Å². The Morgan fingerprint density at radius 1 is 1.11 bits per heavy atom. The highest BCUT2D eigenvalue weighted by atomic mass is 127. The van der Waals surface area contributed by atoms with Gasteiger partial charge in [-0.2, -0.15) is 0 Å². The number of hydrogen-bond acceptors (Lipinski definition) is 5. The second kappa shape index (κ2) is 11.9. The standard InChI is InChI=1S/C19H27N3O3S.HI/c1-13(18-7-6-8-26-18)11-21-19(20-2)22-12-15-16(24-4)9-14(23-3)10-17(15)25-5;/h6-10,13H,11-12H2,1-5H3,(H2,20,21,22);1H. The zero-order valence-corrected chi connectivity index (χ0v) is 19.5. The first-order valence-corrected chi connectivity index (χ1v) is 9.27. The number of methoxy groups -OCH3 is 3. The molecule has 0 amide bonds. The van der Waals surface area contributed by atoms with Crippen molar-refractivity contribution in [2.75, 3.05) is 34.9 Å². The molecule has 27 heavy (non-hydrogen) atoms. The lowest BCUT2D eigenvalue weighted by atomic mass is 10.1. The fourth-order valence-corrected chi connectivity index (χ4v) is 3.35. The highest BCUT2D eigenvalue weighted by molar-refractivity contribution is 14.0. The van der Waals surface area contributed by atoms with E-state index < -0.39 is 0 Å². The number of hydrogen-bond donors (Lipinski definition) is 2. The zero-order valence-electron chi connectivity index (χ0n) is 16.4. The molecule has 2 aromatic rings. The second-order valence-corrected chi connectivity index (χ2v) is 6.71. The number of nitrogens with zero attached hydrogens (tertiary/aromatic N) is 1. The van der Waals surface area contributed by atoms with Crippen LogP contribution in [0.25, 0.3) is 0 Å². The maximum Gasteiger partial charge on any atom is 0.191 e. The zero-order chi connectivity index (χ0) is 18.9. The van der Waals surface area contributed by atoms with Crippen molar-refractivity contribution in [3.8, 4) is 17.2 Å². The van der Waals surface area contributed by atoms with Crippen LogP contribution in [0.1, 0.15) is 23.3 Å². The van der Waals surface area contributed by atoms with Crippen LogP contribution in [0.15, 0.2) is 34.6 Å². The van der Waals surface area contributed by atoms with Gasteiger partial charge in [0.05, 0.1) is 33.4 Å². The quantitative estimate of drug-likeness (QED) is 0.324. The number of ether oxygens (including phenoxy) is 3. The normalized spacial score (nSPS) is 12.0. The van der Waals surface area contributed by atoms with E-state index in [0.29, 0.717) is 29.7 Å². The molecule has 150 valence electrons. The molecule has 0 fully saturated rings. The molecule has 0 bridgehead atoms. The van der Waals surface area contributed by atoms with Crippen LogP contribution in [0.2, 0.25) is 0 Å². The summed E-state index contributed by atoms with van der Waals surface area (Å²) in [5.74, 6) is 3.24. The molecule has 0 spiro atoms. The van der Waals surface area contributed by atoms with Gasteiger partial charge in [0.15, 0.2) is 5.96 Å². The van der Waals surface area contributed by atoms with Gasteiger partial charge in [-0.1, -0.05) is 13.0 Å². The molecular weight excluding hydrogens is 477 g/mol. The molecule has 0 aliphatic rings. The first kappa shape index (κ1) is 23.4. The van der Waals surface area contributed by atoms with Crippen molar-refractivity contribution in [2.45, 2.75) is 19.4 Å². The molecule has 1 unspecified atom stereocenters. The van der Waals surface area contributed by atoms with E-state index in [9.17, 15) is 0 Å². The van der Waals surface area contributed by atoms with Crippen LogP contribution in [0.5, 0.6) is 17.2 Å². The highest BCUT2D eigenvalue weighted by Crippen LogP contribution is 2.33. The number of guanidine groups is 1. The van der Waals surface area contributed by atoms with Crippen molar-refractivity contribution in [2.24, 2.45) is 4.99 Å². The first-order valence-electron chi connectivity index (χ1n) is 8.39. The van der Waals surface area contributed by atoms with Crippen molar-refractivity contribution in [1.82, 2.24) is 10.6 Å². The first-order chi connectivity index (χ1) is 12.6. The topological polar surface area (TPSA) is 64.1 Å². The Labute approximate surface area is 182 Å². The predicted molar refractivity (Wildman–Crippen MR) is 122 cm³/mol. The lowest BCUT2D eigenvalue weighted by molar-refractivity contribution is 0.368. The molecule has 0 saturated carbocycles. The van der Waals surface area contributed by atoms with Crippen LogP contribution in [0, 0.1) is 0 Å². The molecule has 0 aliphatic heterocycles. The summed E-state index contributed by atoms with van der Waals surface area (Å²) in [6.07, 6.45) is 0. The Hall–Kier alpha value is -1.68. The summed E-state index contributed by atoms with van der Waals surface area (Å²) in [6, 6.07) is 7.91. The summed E-state index contributed by atoms with van der Waals surface area (Å²) in [4.78, 5) is 5.65. The third-order valence-corrected chi connectivity index (χ3v) is 5.18. The summed E-state index contributed by atoms with van der Waals surface area (Å²) in [5.41, 5.74) is 0.907. The van der Waals surface area contributed by atoms with E-state index in [1.807, 2.05) is 12.1 Å². The minimum absolute atomic E-state index is 0. The number of rotatable bonds is 8. The fraction of sp³-hybridized carbons (Fsp3) is 0.421. The van der Waals surface area contributed by atoms with Gasteiger partial charge >= 0.3 is 0 Å². The lowest BCUT2D eigenvalue weighted by Gasteiger charge is -2.18. The molecule has 1 atom stereocenters. The van der Waals surface area contributed by atoms with Crippen molar-refractivity contribution >= 4 is 41.3 Å². The van der Waals surface area contributed by atoms with Crippen molar-refractivity contribution in [3.63, 3.8) is 0 Å². The van der Waals surface area contributed by atoms with Crippen molar-refractivity contribution in [1.29, 1.82) is 0 Å². The third kappa shape index (κ3) is 6.46. The predicted octanol–water partition coefficient (Wildman–Crippen LogP) is 3.86. The Kier molecular flexibility index (Phi) is 10.3. The molecule has 0 aliphatic carbocycles. The summed E-state index contributed by atoms with van der Waals surface area (Å²) in [7, 11) is 6.64. The van der Waals surface area contributed by atoms with Gasteiger partial charge in [0.1, 0.15) is 17.2 Å². The molecular formula is C19H28IN3O3S. The average molecular weight is 505 g/mol. The number of nitrogens with one attached hydrogen (secondary N) is 2. The van der Waals surface area contributed by atoms with E-state index >= 15 is 0 Å². The Balaban J connectivity index is 0.00000364. The van der Waals surface area contributed by atoms with Crippen LogP contribution in [0.4, 0.5) is 0 Å². The summed E-state index contributed by atoms with van der Waals surface area (Å²) >= 11 is 1.77. The van der Waals surface area contributed by atoms with E-state index in [4.69, 9.17) is 14.2 Å². The van der Waals surface area contributed by atoms with Crippen LogP contribution >= 0.6 is 35.3 Å². The van der Waals surface area contributed by atoms with Crippen molar-refractivity contribution in [3.05, 3.63) is 40.1 Å². The Morgan fingerprint density at radius 2 is 1.78 bits per heavy atom. The molecule has 1 aromatic heterocycles. The van der Waals surface area contributed by atoms with Crippen molar-refractivity contribution < 1.29 is 14.2 Å². The van der Waals surface area contributed by atoms with Gasteiger partial charge in [-0.05, 0) is 11.4 Å². The third-order valence-electron chi connectivity index (χ3n) is 4.08. The SMILES string of the molecule is CN=C(NCc1c(OC)cc(OC)cc1OC)NCC(C)c1cccs1.I. The van der Waals surface area contributed by atoms with Crippen LogP contribution in [-0.4, -0.2) is 40.9 Å². The number of thiophene rings is 1. The maximum atomic E-state index is 5.48. The van der Waals surface area contributed by atoms with E-state index in [2.05, 4.69) is 40.1 Å². The van der Waals surface area contributed by atoms with Gasteiger partial charge in [0, 0.05) is 36.5 Å². The smallest absolute Gasteiger partial charge is 0.191 e. The molecule has 2 rings (SSSR count). The monoisotopic (exact) mass is 505 g/mol. The Morgan fingerprint density at radius 3 is 2.26 bits per heavy atom. The second-order valence-electron chi connectivity index (χ2n) is 5.73. The maximum absolute atomic E-state index is 5.48. The van der Waals surface area contributed by atoms with E-state index in [1.165, 1.54) is 4.88 Å². The molecule has 6 nitrogen and oxygen atoms in total. The number of aliphatic imine (C=N–C) groups is 1. The molecule has 0 radical (unpaired) electrons. The molecule has 1 aromatic carbocycles. The summed E-state index contributed by atoms with van der Waals surface area (Å²) in [5, 5.41) is 8.78. The summed E-state index contributed by atoms with van der Waals surface area (Å²) in [6.45, 7) is 3.52. The van der Waals surface area contributed by atoms with Gasteiger partial charge in [-0.3, -0.25) is 4.99 Å². The van der Waals surface area contributed by atoms with Gasteiger partial charge in [-0.25, -0.2) is 0 Å². The lowest BCUT2D eigenvalue weighted by Crippen LogP contribution is -2.38. The molecule has 0 saturated heterocycles. The van der Waals surface area contributed by atoms with Gasteiger partial charge in [-0.15, -0.1) is 35.3 Å².